The minimum absolute atomic E-state index is 0.0202. The molecule has 3 heteroatoms. The molecule has 27 heavy (non-hydrogen) atoms. The average Bonchev–Trinajstić information content (AvgIpc) is 2.64. The number of benzene rings is 3. The van der Waals surface area contributed by atoms with Crippen LogP contribution in [0.4, 0.5) is 0 Å². The summed E-state index contributed by atoms with van der Waals surface area (Å²) in [5.41, 5.74) is 0.963. The predicted molar refractivity (Wildman–Crippen MR) is 113 cm³/mol. The molecular formula is C24H25NO2. The number of hydrogen-bond donors (Lipinski definition) is 0. The van der Waals surface area contributed by atoms with Gasteiger partial charge in [0.15, 0.2) is 0 Å². The van der Waals surface area contributed by atoms with Crippen LogP contribution in [0.25, 0.3) is 27.6 Å². The van der Waals surface area contributed by atoms with Crippen LogP contribution in [0.2, 0.25) is 0 Å². The van der Waals surface area contributed by atoms with E-state index in [0.29, 0.717) is 0 Å². The van der Waals surface area contributed by atoms with Crippen LogP contribution in [0.1, 0.15) is 33.3 Å². The first-order valence-electron chi connectivity index (χ1n) is 9.35. The van der Waals surface area contributed by atoms with E-state index in [1.165, 1.54) is 6.08 Å². The minimum atomic E-state index is -0.491. The molecule has 0 aliphatic heterocycles. The summed E-state index contributed by atoms with van der Waals surface area (Å²) >= 11 is 0. The van der Waals surface area contributed by atoms with E-state index in [2.05, 4.69) is 18.2 Å². The summed E-state index contributed by atoms with van der Waals surface area (Å²) in [4.78, 5) is 26.8. The zero-order valence-electron chi connectivity index (χ0n) is 16.3. The fourth-order valence-electron chi connectivity index (χ4n) is 3.65. The first kappa shape index (κ1) is 18.8. The molecule has 0 aliphatic rings. The van der Waals surface area contributed by atoms with Gasteiger partial charge in [0, 0.05) is 12.1 Å². The molecule has 0 aromatic heterocycles. The number of fused-ring (bicyclic) bond motifs is 2. The lowest BCUT2D eigenvalue weighted by atomic mass is 9.96. The highest BCUT2D eigenvalue weighted by Gasteiger charge is 2.24. The number of nitrogens with zero attached hydrogens (tertiary/aromatic N) is 1. The van der Waals surface area contributed by atoms with Gasteiger partial charge in [-0.2, -0.15) is 0 Å². The van der Waals surface area contributed by atoms with Gasteiger partial charge in [0.1, 0.15) is 0 Å². The second kappa shape index (κ2) is 7.75. The third kappa shape index (κ3) is 3.77. The van der Waals surface area contributed by atoms with Crippen LogP contribution < -0.4 is 0 Å². The molecule has 1 amide bonds. The topological polar surface area (TPSA) is 37.4 Å². The van der Waals surface area contributed by atoms with Gasteiger partial charge < -0.3 is 4.90 Å². The molecule has 0 fully saturated rings. The van der Waals surface area contributed by atoms with Crippen LogP contribution in [0.5, 0.6) is 0 Å². The van der Waals surface area contributed by atoms with E-state index in [9.17, 15) is 9.59 Å². The molecule has 0 saturated carbocycles. The Bertz CT molecular complexity index is 969. The summed E-state index contributed by atoms with van der Waals surface area (Å²) in [6.07, 6.45) is 3.19. The highest BCUT2D eigenvalue weighted by Crippen LogP contribution is 2.29. The Balaban J connectivity index is 2.04. The Morgan fingerprint density at radius 2 is 1.30 bits per heavy atom. The molecular weight excluding hydrogens is 334 g/mol. The summed E-state index contributed by atoms with van der Waals surface area (Å²) in [6, 6.07) is 18.3. The molecule has 0 heterocycles. The molecule has 0 aliphatic carbocycles. The molecule has 0 atom stereocenters. The number of ketones is 1. The Morgan fingerprint density at radius 1 is 0.815 bits per heavy atom. The van der Waals surface area contributed by atoms with Gasteiger partial charge >= 0.3 is 0 Å². The highest BCUT2D eigenvalue weighted by molar-refractivity contribution is 6.41. The predicted octanol–water partition coefficient (Wildman–Crippen LogP) is 5.22. The lowest BCUT2D eigenvalue weighted by Crippen LogP contribution is -2.45. The van der Waals surface area contributed by atoms with Crippen molar-refractivity contribution in [1.29, 1.82) is 0 Å². The van der Waals surface area contributed by atoms with E-state index >= 15 is 0 Å². The summed E-state index contributed by atoms with van der Waals surface area (Å²) in [5, 5.41) is 4.36. The zero-order valence-corrected chi connectivity index (χ0v) is 16.3. The van der Waals surface area contributed by atoms with E-state index in [4.69, 9.17) is 0 Å². The van der Waals surface area contributed by atoms with Crippen molar-refractivity contribution in [3.63, 3.8) is 0 Å². The quantitative estimate of drug-likeness (QED) is 0.356. The molecule has 3 rings (SSSR count). The maximum Gasteiger partial charge on any atom is 0.294 e. The van der Waals surface area contributed by atoms with Gasteiger partial charge in [-0.05, 0) is 73.0 Å². The molecule has 0 bridgehead atoms. The Labute approximate surface area is 160 Å². The van der Waals surface area contributed by atoms with Gasteiger partial charge in [0.05, 0.1) is 0 Å². The van der Waals surface area contributed by atoms with Crippen LogP contribution in [0, 0.1) is 0 Å². The van der Waals surface area contributed by atoms with Gasteiger partial charge in [-0.15, -0.1) is 0 Å². The van der Waals surface area contributed by atoms with Gasteiger partial charge in [0.2, 0.25) is 5.78 Å². The van der Waals surface area contributed by atoms with E-state index in [1.54, 1.807) is 11.0 Å². The minimum Gasteiger partial charge on any atom is -0.331 e. The summed E-state index contributed by atoms with van der Waals surface area (Å²) < 4.78 is 0. The van der Waals surface area contributed by atoms with Crippen LogP contribution in [-0.4, -0.2) is 28.7 Å². The first-order chi connectivity index (χ1) is 12.9. The Kier molecular flexibility index (Phi) is 5.41. The fourth-order valence-corrected chi connectivity index (χ4v) is 3.65. The number of amides is 1. The van der Waals surface area contributed by atoms with Crippen LogP contribution in [-0.2, 0) is 9.59 Å². The number of rotatable bonds is 5. The molecule has 3 aromatic carbocycles. The van der Waals surface area contributed by atoms with Crippen molar-refractivity contribution >= 4 is 39.3 Å². The van der Waals surface area contributed by atoms with E-state index in [1.807, 2.05) is 64.1 Å². The van der Waals surface area contributed by atoms with Gasteiger partial charge in [-0.3, -0.25) is 9.59 Å². The van der Waals surface area contributed by atoms with Crippen LogP contribution in [0.3, 0.4) is 0 Å². The lowest BCUT2D eigenvalue weighted by molar-refractivity contribution is -0.144. The molecule has 0 N–H and O–H groups in total. The van der Waals surface area contributed by atoms with E-state index in [-0.39, 0.29) is 12.1 Å². The monoisotopic (exact) mass is 359 g/mol. The fraction of sp³-hybridized carbons (Fsp3) is 0.250. The summed E-state index contributed by atoms with van der Waals surface area (Å²) in [6.45, 7) is 7.69. The Hall–Kier alpha value is -2.94. The first-order valence-corrected chi connectivity index (χ1v) is 9.35. The van der Waals surface area contributed by atoms with Crippen LogP contribution >= 0.6 is 0 Å². The largest absolute Gasteiger partial charge is 0.331 e. The second-order valence-corrected chi connectivity index (χ2v) is 7.33. The van der Waals surface area contributed by atoms with Crippen molar-refractivity contribution in [2.24, 2.45) is 0 Å². The van der Waals surface area contributed by atoms with E-state index < -0.39 is 11.7 Å². The van der Waals surface area contributed by atoms with Crippen molar-refractivity contribution in [3.8, 4) is 0 Å². The third-order valence-electron chi connectivity index (χ3n) is 4.77. The lowest BCUT2D eigenvalue weighted by Gasteiger charge is -2.29. The number of carbonyl (C=O) groups is 2. The van der Waals surface area contributed by atoms with E-state index in [0.717, 1.165) is 27.1 Å². The molecule has 0 saturated heterocycles. The maximum atomic E-state index is 12.6. The molecule has 3 aromatic rings. The zero-order chi connectivity index (χ0) is 19.6. The molecule has 3 nitrogen and oxygen atoms in total. The third-order valence-corrected chi connectivity index (χ3v) is 4.77. The smallest absolute Gasteiger partial charge is 0.294 e. The average molecular weight is 359 g/mol. The standard InChI is InChI=1S/C24H25NO2/c1-16(2)25(17(3)4)24(27)23(26)14-13-22-20-11-7-5-9-18(20)15-19-10-6-8-12-21(19)22/h5-17H,1-4H3/b14-13+. The molecule has 0 radical (unpaired) electrons. The molecule has 0 unspecified atom stereocenters. The summed E-state index contributed by atoms with van der Waals surface area (Å²) in [7, 11) is 0. The maximum absolute atomic E-state index is 12.6. The number of carbonyl (C=O) groups excluding carboxylic acids is 2. The van der Waals surface area contributed by atoms with Crippen molar-refractivity contribution in [2.75, 3.05) is 0 Å². The SMILES string of the molecule is CC(C)N(C(=O)C(=O)/C=C/c1c2ccccc2cc2ccccc12)C(C)C. The summed E-state index contributed by atoms with van der Waals surface area (Å²) in [5.74, 6) is -0.949. The normalized spacial score (nSPS) is 11.8. The van der Waals surface area contributed by atoms with Gasteiger partial charge in [0.25, 0.3) is 5.91 Å². The van der Waals surface area contributed by atoms with Crippen molar-refractivity contribution < 1.29 is 9.59 Å². The Morgan fingerprint density at radius 3 is 1.78 bits per heavy atom. The number of hydrogen-bond acceptors (Lipinski definition) is 2. The molecule has 0 spiro atoms. The van der Waals surface area contributed by atoms with Gasteiger partial charge in [-0.25, -0.2) is 0 Å². The van der Waals surface area contributed by atoms with Crippen molar-refractivity contribution in [1.82, 2.24) is 4.90 Å². The van der Waals surface area contributed by atoms with Crippen LogP contribution in [0.15, 0.2) is 60.7 Å². The molecule has 138 valence electrons. The van der Waals surface area contributed by atoms with Crippen molar-refractivity contribution in [2.45, 2.75) is 39.8 Å². The highest BCUT2D eigenvalue weighted by atomic mass is 16.2. The van der Waals surface area contributed by atoms with Gasteiger partial charge in [-0.1, -0.05) is 48.5 Å². The second-order valence-electron chi connectivity index (χ2n) is 7.33. The van der Waals surface area contributed by atoms with Crippen molar-refractivity contribution in [3.05, 3.63) is 66.2 Å².